The van der Waals surface area contributed by atoms with Crippen molar-refractivity contribution in [2.45, 2.75) is 6.92 Å². The third-order valence-corrected chi connectivity index (χ3v) is 3.67. The fourth-order valence-corrected chi connectivity index (χ4v) is 2.26. The quantitative estimate of drug-likeness (QED) is 0.880. The monoisotopic (exact) mass is 341 g/mol. The summed E-state index contributed by atoms with van der Waals surface area (Å²) in [7, 11) is 1.56. The number of hydrogen-bond acceptors (Lipinski definition) is 4. The SMILES string of the molecule is COc1ccc(N)c(Nc2cc(Cl)c(C)cc2Br)n1. The number of pyridine rings is 1. The number of hydrogen-bond donors (Lipinski definition) is 2. The van der Waals surface area contributed by atoms with Gasteiger partial charge in [0, 0.05) is 15.6 Å². The van der Waals surface area contributed by atoms with E-state index in [0.717, 1.165) is 15.7 Å². The summed E-state index contributed by atoms with van der Waals surface area (Å²) in [6.07, 6.45) is 0. The summed E-state index contributed by atoms with van der Waals surface area (Å²) < 4.78 is 5.96. The molecule has 4 nitrogen and oxygen atoms in total. The first-order chi connectivity index (χ1) is 9.01. The molecule has 6 heteroatoms. The van der Waals surface area contributed by atoms with Crippen LogP contribution in [0.15, 0.2) is 28.7 Å². The standard InChI is InChI=1S/C13H13BrClN3O/c1-7-5-8(14)11(6-9(7)15)17-13-10(16)3-4-12(18-13)19-2/h3-6H,16H2,1-2H3,(H,17,18). The average molecular weight is 343 g/mol. The van der Waals surface area contributed by atoms with Crippen LogP contribution in [0.3, 0.4) is 0 Å². The molecule has 0 unspecified atom stereocenters. The Kier molecular flexibility index (Phi) is 4.17. The van der Waals surface area contributed by atoms with Crippen LogP contribution >= 0.6 is 27.5 Å². The second-order valence-electron chi connectivity index (χ2n) is 4.00. The van der Waals surface area contributed by atoms with Crippen molar-refractivity contribution in [3.63, 3.8) is 0 Å². The molecule has 0 atom stereocenters. The molecule has 0 bridgehead atoms. The molecule has 0 fully saturated rings. The highest BCUT2D eigenvalue weighted by molar-refractivity contribution is 9.10. The molecule has 0 saturated heterocycles. The number of aromatic nitrogens is 1. The van der Waals surface area contributed by atoms with Gasteiger partial charge in [0.25, 0.3) is 0 Å². The Morgan fingerprint density at radius 3 is 2.79 bits per heavy atom. The lowest BCUT2D eigenvalue weighted by molar-refractivity contribution is 0.398. The van der Waals surface area contributed by atoms with Crippen molar-refractivity contribution in [1.82, 2.24) is 4.98 Å². The first-order valence-corrected chi connectivity index (χ1v) is 6.71. The van der Waals surface area contributed by atoms with Gasteiger partial charge < -0.3 is 15.8 Å². The maximum Gasteiger partial charge on any atom is 0.215 e. The van der Waals surface area contributed by atoms with Crippen molar-refractivity contribution in [3.8, 4) is 5.88 Å². The Bertz CT molecular complexity index is 619. The van der Waals surface area contributed by atoms with E-state index >= 15 is 0 Å². The van der Waals surface area contributed by atoms with Gasteiger partial charge in [-0.05, 0) is 46.6 Å². The third kappa shape index (κ3) is 3.11. The molecular weight excluding hydrogens is 330 g/mol. The van der Waals surface area contributed by atoms with E-state index in [9.17, 15) is 0 Å². The summed E-state index contributed by atoms with van der Waals surface area (Å²) >= 11 is 9.59. The predicted octanol–water partition coefficient (Wildman–Crippen LogP) is 4.14. The number of anilines is 3. The van der Waals surface area contributed by atoms with Gasteiger partial charge in [-0.1, -0.05) is 11.6 Å². The van der Waals surface area contributed by atoms with E-state index in [0.29, 0.717) is 22.4 Å². The van der Waals surface area contributed by atoms with E-state index in [1.54, 1.807) is 19.2 Å². The number of nitrogen functional groups attached to an aromatic ring is 1. The highest BCUT2D eigenvalue weighted by atomic mass is 79.9. The Labute approximate surface area is 125 Å². The van der Waals surface area contributed by atoms with Crippen LogP contribution < -0.4 is 15.8 Å². The average Bonchev–Trinajstić information content (AvgIpc) is 2.38. The van der Waals surface area contributed by atoms with Crippen LogP contribution in [0.5, 0.6) is 5.88 Å². The van der Waals surface area contributed by atoms with E-state index in [2.05, 4.69) is 26.2 Å². The zero-order valence-corrected chi connectivity index (χ0v) is 12.8. The molecule has 0 aliphatic heterocycles. The molecular formula is C13H13BrClN3O. The summed E-state index contributed by atoms with van der Waals surface area (Å²) in [5.41, 5.74) is 8.20. The Hall–Kier alpha value is -1.46. The predicted molar refractivity (Wildman–Crippen MR) is 82.4 cm³/mol. The highest BCUT2D eigenvalue weighted by Gasteiger charge is 2.08. The lowest BCUT2D eigenvalue weighted by Crippen LogP contribution is -2.01. The molecule has 19 heavy (non-hydrogen) atoms. The molecule has 0 saturated carbocycles. The number of halogens is 2. The number of nitrogens with two attached hydrogens (primary N) is 1. The summed E-state index contributed by atoms with van der Waals surface area (Å²) in [6.45, 7) is 1.94. The Morgan fingerprint density at radius 1 is 1.37 bits per heavy atom. The van der Waals surface area contributed by atoms with Gasteiger partial charge in [-0.3, -0.25) is 0 Å². The Morgan fingerprint density at radius 2 is 2.11 bits per heavy atom. The number of ether oxygens (including phenoxy) is 1. The van der Waals surface area contributed by atoms with E-state index < -0.39 is 0 Å². The van der Waals surface area contributed by atoms with Gasteiger partial charge >= 0.3 is 0 Å². The molecule has 0 aliphatic rings. The highest BCUT2D eigenvalue weighted by Crippen LogP contribution is 2.32. The van der Waals surface area contributed by atoms with E-state index in [4.69, 9.17) is 22.1 Å². The van der Waals surface area contributed by atoms with Crippen LogP contribution in [0, 0.1) is 6.92 Å². The topological polar surface area (TPSA) is 60.2 Å². The molecule has 0 amide bonds. The number of aryl methyl sites for hydroxylation is 1. The smallest absolute Gasteiger partial charge is 0.215 e. The maximum absolute atomic E-state index is 6.11. The van der Waals surface area contributed by atoms with Gasteiger partial charge in [0.1, 0.15) is 0 Å². The molecule has 1 aromatic heterocycles. The van der Waals surface area contributed by atoms with Crippen molar-refractivity contribution < 1.29 is 4.74 Å². The van der Waals surface area contributed by atoms with Gasteiger partial charge in [-0.25, -0.2) is 0 Å². The molecule has 2 rings (SSSR count). The minimum absolute atomic E-state index is 0.492. The number of methoxy groups -OCH3 is 1. The van der Waals surface area contributed by atoms with Crippen molar-refractivity contribution in [1.29, 1.82) is 0 Å². The molecule has 0 radical (unpaired) electrons. The number of rotatable bonds is 3. The van der Waals surface area contributed by atoms with Crippen molar-refractivity contribution >= 4 is 44.7 Å². The minimum Gasteiger partial charge on any atom is -0.481 e. The van der Waals surface area contributed by atoms with Crippen LogP contribution in [0.25, 0.3) is 0 Å². The van der Waals surface area contributed by atoms with Crippen LogP contribution in [0.4, 0.5) is 17.2 Å². The Balaban J connectivity index is 2.38. The summed E-state index contributed by atoms with van der Waals surface area (Å²) in [5.74, 6) is 1.02. The molecule has 100 valence electrons. The minimum atomic E-state index is 0.492. The molecule has 1 aromatic carbocycles. The van der Waals surface area contributed by atoms with Gasteiger partial charge in [0.2, 0.25) is 5.88 Å². The van der Waals surface area contributed by atoms with Crippen LogP contribution in [-0.4, -0.2) is 12.1 Å². The zero-order chi connectivity index (χ0) is 14.0. The molecule has 3 N–H and O–H groups in total. The van der Waals surface area contributed by atoms with Crippen LogP contribution in [-0.2, 0) is 0 Å². The van der Waals surface area contributed by atoms with Gasteiger partial charge in [0.15, 0.2) is 5.82 Å². The van der Waals surface area contributed by atoms with Crippen molar-refractivity contribution in [2.75, 3.05) is 18.2 Å². The lowest BCUT2D eigenvalue weighted by Gasteiger charge is -2.12. The second kappa shape index (κ2) is 5.67. The largest absolute Gasteiger partial charge is 0.481 e. The van der Waals surface area contributed by atoms with Crippen molar-refractivity contribution in [2.24, 2.45) is 0 Å². The van der Waals surface area contributed by atoms with Gasteiger partial charge in [-0.15, -0.1) is 0 Å². The molecule has 0 spiro atoms. The number of nitrogens with zero attached hydrogens (tertiary/aromatic N) is 1. The summed E-state index contributed by atoms with van der Waals surface area (Å²) in [6, 6.07) is 7.19. The van der Waals surface area contributed by atoms with Crippen LogP contribution in [0.1, 0.15) is 5.56 Å². The molecule has 2 aromatic rings. The first kappa shape index (κ1) is 14.0. The van der Waals surface area contributed by atoms with E-state index in [-0.39, 0.29) is 0 Å². The van der Waals surface area contributed by atoms with Crippen molar-refractivity contribution in [3.05, 3.63) is 39.3 Å². The second-order valence-corrected chi connectivity index (χ2v) is 5.26. The zero-order valence-electron chi connectivity index (χ0n) is 10.5. The lowest BCUT2D eigenvalue weighted by atomic mass is 10.2. The maximum atomic E-state index is 6.11. The van der Waals surface area contributed by atoms with Gasteiger partial charge in [-0.2, -0.15) is 4.98 Å². The van der Waals surface area contributed by atoms with E-state index in [1.807, 2.05) is 19.1 Å². The summed E-state index contributed by atoms with van der Waals surface area (Å²) in [4.78, 5) is 4.26. The normalized spacial score (nSPS) is 10.3. The van der Waals surface area contributed by atoms with Crippen LogP contribution in [0.2, 0.25) is 5.02 Å². The van der Waals surface area contributed by atoms with Gasteiger partial charge in [0.05, 0.1) is 18.5 Å². The number of benzene rings is 1. The molecule has 0 aliphatic carbocycles. The fraction of sp³-hybridized carbons (Fsp3) is 0.154. The molecule has 1 heterocycles. The third-order valence-electron chi connectivity index (χ3n) is 2.61. The number of nitrogens with one attached hydrogen (secondary N) is 1. The van der Waals surface area contributed by atoms with E-state index in [1.165, 1.54) is 0 Å². The fourth-order valence-electron chi connectivity index (χ4n) is 1.54. The first-order valence-electron chi connectivity index (χ1n) is 5.54. The summed E-state index contributed by atoms with van der Waals surface area (Å²) in [5, 5.41) is 3.81.